The third kappa shape index (κ3) is 10.4. The molecule has 4 aromatic carbocycles. The van der Waals surface area contributed by atoms with Crippen molar-refractivity contribution in [3.63, 3.8) is 0 Å². The molecule has 0 unspecified atom stereocenters. The highest BCUT2D eigenvalue weighted by atomic mass is 16.5. The van der Waals surface area contributed by atoms with Crippen LogP contribution >= 0.6 is 0 Å². The third-order valence-electron chi connectivity index (χ3n) is 6.66. The second-order valence-corrected chi connectivity index (χ2v) is 10.1. The number of anilines is 4. The van der Waals surface area contributed by atoms with Gasteiger partial charge in [0.25, 0.3) is 0 Å². The van der Waals surface area contributed by atoms with Crippen molar-refractivity contribution in [2.75, 3.05) is 41.6 Å². The number of benzene rings is 4. The number of amides is 4. The van der Waals surface area contributed by atoms with Crippen LogP contribution in [0.5, 0.6) is 0 Å². The number of urea groups is 2. The normalized spacial score (nSPS) is 10.1. The third-order valence-corrected chi connectivity index (χ3v) is 6.66. The predicted octanol–water partition coefficient (Wildman–Crippen LogP) is 7.28. The summed E-state index contributed by atoms with van der Waals surface area (Å²) in [6, 6.07) is 26.0. The first-order chi connectivity index (χ1) is 23.7. The van der Waals surface area contributed by atoms with Crippen molar-refractivity contribution in [2.24, 2.45) is 0 Å². The summed E-state index contributed by atoms with van der Waals surface area (Å²) in [5.41, 5.74) is 4.36. The molecule has 252 valence electrons. The molecule has 0 bridgehead atoms. The number of methoxy groups -OCH3 is 1. The van der Waals surface area contributed by atoms with Crippen LogP contribution in [-0.2, 0) is 14.2 Å². The number of carbonyl (C=O) groups is 5. The van der Waals surface area contributed by atoms with E-state index in [1.807, 2.05) is 30.5 Å². The maximum Gasteiger partial charge on any atom is 0.338 e. The van der Waals surface area contributed by atoms with Gasteiger partial charge in [-0.25, -0.2) is 24.0 Å². The smallest absolute Gasteiger partial charge is 0.338 e. The van der Waals surface area contributed by atoms with Gasteiger partial charge in [0.1, 0.15) is 0 Å². The Bertz CT molecular complexity index is 1920. The van der Waals surface area contributed by atoms with Crippen molar-refractivity contribution in [2.45, 2.75) is 13.8 Å². The topological polar surface area (TPSA) is 177 Å². The molecular weight excluding hydrogens is 630 g/mol. The molecule has 0 saturated carbocycles. The van der Waals surface area contributed by atoms with Crippen LogP contribution in [0.3, 0.4) is 0 Å². The van der Waals surface area contributed by atoms with E-state index in [-0.39, 0.29) is 12.0 Å². The molecule has 0 radical (unpaired) electrons. The van der Waals surface area contributed by atoms with Crippen molar-refractivity contribution in [3.05, 3.63) is 120 Å². The van der Waals surface area contributed by atoms with Crippen molar-refractivity contribution in [3.8, 4) is 0 Å². The summed E-state index contributed by atoms with van der Waals surface area (Å²) >= 11 is 0. The maximum atomic E-state index is 12.1. The number of hydrogen-bond donors (Lipinski definition) is 5. The van der Waals surface area contributed by atoms with Gasteiger partial charge in [0, 0.05) is 34.5 Å². The van der Waals surface area contributed by atoms with Gasteiger partial charge in [0.15, 0.2) is 0 Å². The summed E-state index contributed by atoms with van der Waals surface area (Å²) in [6.45, 7) is 4.11. The highest BCUT2D eigenvalue weighted by Gasteiger charge is 2.10. The number of nitrogens with one attached hydrogen (secondary N) is 5. The maximum absolute atomic E-state index is 12.1. The fourth-order valence-electron chi connectivity index (χ4n) is 4.36. The Hall–Kier alpha value is -6.63. The predicted molar refractivity (Wildman–Crippen MR) is 186 cm³/mol. The molecule has 13 nitrogen and oxygen atoms in total. The van der Waals surface area contributed by atoms with E-state index >= 15 is 0 Å². The molecule has 0 aliphatic heterocycles. The largest absolute Gasteiger partial charge is 0.465 e. The number of hydrogen-bond acceptors (Lipinski definition) is 8. The molecule has 5 rings (SSSR count). The summed E-state index contributed by atoms with van der Waals surface area (Å²) in [7, 11) is 1.29. The highest BCUT2D eigenvalue weighted by Crippen LogP contribution is 2.19. The zero-order chi connectivity index (χ0) is 35.2. The number of esters is 3. The standard InChI is InChI=1S/C18H17N3O3.C18H18N2O5/c1-2-24-17(22)13-4-6-14(7-5-13)20-18(23)21-15-8-3-12-9-10-19-16(12)11-15;1-3-25-17(22)12-7-9-14(10-8-12)19-18(23)20-15-6-4-5-13(11-15)16(21)24-2/h3-11,19H,2H2,1H3,(H2,20,21,23);4-11H,3H2,1-2H3,(H2,19,20,23). The van der Waals surface area contributed by atoms with Crippen LogP contribution in [0.25, 0.3) is 10.9 Å². The van der Waals surface area contributed by atoms with Gasteiger partial charge in [-0.15, -0.1) is 0 Å². The Labute approximate surface area is 281 Å². The Balaban J connectivity index is 0.000000221. The number of fused-ring (bicyclic) bond motifs is 1. The van der Waals surface area contributed by atoms with Crippen LogP contribution in [0.1, 0.15) is 44.9 Å². The van der Waals surface area contributed by atoms with Crippen LogP contribution in [0, 0.1) is 0 Å². The van der Waals surface area contributed by atoms with Gasteiger partial charge in [-0.1, -0.05) is 12.1 Å². The monoisotopic (exact) mass is 665 g/mol. The van der Waals surface area contributed by atoms with Crippen molar-refractivity contribution < 1.29 is 38.2 Å². The molecule has 49 heavy (non-hydrogen) atoms. The fourth-order valence-corrected chi connectivity index (χ4v) is 4.36. The molecule has 1 aromatic heterocycles. The first-order valence-electron chi connectivity index (χ1n) is 15.1. The summed E-state index contributed by atoms with van der Waals surface area (Å²) < 4.78 is 14.4. The molecule has 0 aliphatic carbocycles. The fraction of sp³-hybridized carbons (Fsp3) is 0.139. The zero-order valence-electron chi connectivity index (χ0n) is 27.0. The average molecular weight is 666 g/mol. The molecule has 1 heterocycles. The lowest BCUT2D eigenvalue weighted by Crippen LogP contribution is -2.19. The lowest BCUT2D eigenvalue weighted by atomic mass is 10.2. The first kappa shape index (κ1) is 35.2. The molecule has 0 aliphatic rings. The van der Waals surface area contributed by atoms with Crippen LogP contribution < -0.4 is 21.3 Å². The van der Waals surface area contributed by atoms with Gasteiger partial charge in [-0.05, 0) is 104 Å². The van der Waals surface area contributed by atoms with Gasteiger partial charge in [0.2, 0.25) is 0 Å². The summed E-state index contributed by atoms with van der Waals surface area (Å²) in [5.74, 6) is -1.29. The van der Waals surface area contributed by atoms with Gasteiger partial charge >= 0.3 is 30.0 Å². The molecule has 13 heteroatoms. The van der Waals surface area contributed by atoms with E-state index in [0.717, 1.165) is 10.9 Å². The van der Waals surface area contributed by atoms with Crippen LogP contribution in [-0.4, -0.2) is 55.3 Å². The van der Waals surface area contributed by atoms with Gasteiger partial charge < -0.3 is 40.5 Å². The van der Waals surface area contributed by atoms with Crippen molar-refractivity contribution in [1.82, 2.24) is 4.98 Å². The minimum absolute atomic E-state index is 0.297. The molecule has 0 atom stereocenters. The minimum Gasteiger partial charge on any atom is -0.465 e. The van der Waals surface area contributed by atoms with Crippen LogP contribution in [0.15, 0.2) is 103 Å². The van der Waals surface area contributed by atoms with E-state index in [0.29, 0.717) is 52.7 Å². The quantitative estimate of drug-likeness (QED) is 0.0805. The van der Waals surface area contributed by atoms with Gasteiger partial charge in [-0.2, -0.15) is 0 Å². The van der Waals surface area contributed by atoms with E-state index in [4.69, 9.17) is 9.47 Å². The van der Waals surface area contributed by atoms with Gasteiger partial charge in [0.05, 0.1) is 37.0 Å². The average Bonchev–Trinajstić information content (AvgIpc) is 3.57. The number of rotatable bonds is 9. The highest BCUT2D eigenvalue weighted by molar-refractivity contribution is 6.02. The molecule has 5 aromatic rings. The molecule has 5 N–H and O–H groups in total. The summed E-state index contributed by atoms with van der Waals surface area (Å²) in [6.07, 6.45) is 1.85. The number of carbonyl (C=O) groups excluding carboxylic acids is 5. The Morgan fingerprint density at radius 1 is 0.551 bits per heavy atom. The number of H-pyrrole nitrogens is 1. The van der Waals surface area contributed by atoms with Crippen LogP contribution in [0.2, 0.25) is 0 Å². The minimum atomic E-state index is -0.487. The van der Waals surface area contributed by atoms with E-state index in [9.17, 15) is 24.0 Å². The first-order valence-corrected chi connectivity index (χ1v) is 15.1. The molecule has 0 fully saturated rings. The Morgan fingerprint density at radius 2 is 1.04 bits per heavy atom. The van der Waals surface area contributed by atoms with E-state index in [1.165, 1.54) is 13.2 Å². The second kappa shape index (κ2) is 17.3. The van der Waals surface area contributed by atoms with Gasteiger partial charge in [-0.3, -0.25) is 0 Å². The van der Waals surface area contributed by atoms with E-state index in [1.54, 1.807) is 80.6 Å². The zero-order valence-corrected chi connectivity index (χ0v) is 27.0. The number of ether oxygens (including phenoxy) is 3. The van der Waals surface area contributed by atoms with E-state index < -0.39 is 18.0 Å². The lowest BCUT2D eigenvalue weighted by Gasteiger charge is -2.09. The van der Waals surface area contributed by atoms with Crippen LogP contribution in [0.4, 0.5) is 32.3 Å². The van der Waals surface area contributed by atoms with Crippen molar-refractivity contribution >= 4 is 63.6 Å². The Kier molecular flexibility index (Phi) is 12.5. The molecular formula is C36H35N5O8. The second-order valence-electron chi connectivity index (χ2n) is 10.1. The number of aromatic nitrogens is 1. The van der Waals surface area contributed by atoms with Crippen molar-refractivity contribution in [1.29, 1.82) is 0 Å². The summed E-state index contributed by atoms with van der Waals surface area (Å²) in [4.78, 5) is 61.8. The SMILES string of the molecule is CCOC(=O)c1ccc(NC(=O)Nc2ccc3cc[nH]c3c2)cc1.CCOC(=O)c1ccc(NC(=O)Nc2cccc(C(=O)OC)c2)cc1. The Morgan fingerprint density at radius 3 is 1.55 bits per heavy atom. The van der Waals surface area contributed by atoms with E-state index in [2.05, 4.69) is 31.0 Å². The molecule has 0 saturated heterocycles. The molecule has 4 amide bonds. The summed E-state index contributed by atoms with van der Waals surface area (Å²) in [5, 5.41) is 11.8. The number of aromatic amines is 1. The molecule has 0 spiro atoms. The lowest BCUT2D eigenvalue weighted by molar-refractivity contribution is 0.0517.